The maximum atomic E-state index is 15.4. The summed E-state index contributed by atoms with van der Waals surface area (Å²) < 4.78 is 5.27. The number of nitrogens with zero attached hydrogens (tertiary/aromatic N) is 2. The predicted molar refractivity (Wildman–Crippen MR) is 491 cm³/mol. The molecular formula is C91H123N19O24S. The number of primary amides is 3. The first kappa shape index (κ1) is 108. The number of aliphatic hydroxyl groups excluding tert-OH is 1. The van der Waals surface area contributed by atoms with Gasteiger partial charge in [-0.2, -0.15) is 0 Å². The number of aliphatic carboxylic acids is 2. The lowest BCUT2D eigenvalue weighted by Gasteiger charge is -2.34. The van der Waals surface area contributed by atoms with E-state index in [4.69, 9.17) is 21.9 Å². The number of carbonyl (C=O) groups is 20. The zero-order chi connectivity index (χ0) is 99.9. The molecule has 0 saturated carbocycles. The molecule has 135 heavy (non-hydrogen) atoms. The second-order valence-electron chi connectivity index (χ2n) is 34.8. The second-order valence-corrected chi connectivity index (χ2v) is 35.9. The molecule has 23 N–H and O–H groups in total. The van der Waals surface area contributed by atoms with Crippen LogP contribution in [0.25, 0.3) is 22.0 Å². The number of nitrogens with two attached hydrogens (primary N) is 3. The van der Waals surface area contributed by atoms with Crippen molar-refractivity contribution in [3.63, 3.8) is 0 Å². The number of para-hydroxylation sites is 1. The van der Waals surface area contributed by atoms with Gasteiger partial charge in [-0.15, -0.1) is 11.8 Å². The number of amides is 18. The first-order valence-electron chi connectivity index (χ1n) is 44.1. The van der Waals surface area contributed by atoms with Crippen molar-refractivity contribution in [2.24, 2.45) is 40.9 Å². The fourth-order valence-corrected chi connectivity index (χ4v) is 15.8. The topological polar surface area (TPSA) is 668 Å². The van der Waals surface area contributed by atoms with Crippen molar-refractivity contribution < 1.29 is 116 Å². The fraction of sp³-hybridized carbons (Fsp3) is 0.495. The third-order valence-corrected chi connectivity index (χ3v) is 23.4. The van der Waals surface area contributed by atoms with E-state index >= 15 is 28.8 Å². The quantitative estimate of drug-likeness (QED) is 0.0269. The fourth-order valence-electron chi connectivity index (χ4n) is 14.9. The Kier molecular flexibility index (Phi) is 41.0. The van der Waals surface area contributed by atoms with E-state index in [-0.39, 0.29) is 50.0 Å². The maximum absolute atomic E-state index is 15.4. The lowest BCUT2D eigenvalue weighted by atomic mass is 9.97. The van der Waals surface area contributed by atoms with Crippen LogP contribution in [0, 0.1) is 23.7 Å². The summed E-state index contributed by atoms with van der Waals surface area (Å²) in [5.41, 5.74) is 20.0. The highest BCUT2D eigenvalue weighted by Gasteiger charge is 2.44. The van der Waals surface area contributed by atoms with Gasteiger partial charge in [0, 0.05) is 55.7 Å². The number of thioether (sulfide) groups is 1. The number of aromatic amines is 1. The lowest BCUT2D eigenvalue weighted by Crippen LogP contribution is -2.62. The predicted octanol–water partition coefficient (Wildman–Crippen LogP) is -2.66. The Morgan fingerprint density at radius 2 is 0.926 bits per heavy atom. The second kappa shape index (κ2) is 51.3. The molecule has 5 aromatic rings. The summed E-state index contributed by atoms with van der Waals surface area (Å²) in [7, 11) is 1.29. The minimum atomic E-state index is -2.16. The highest BCUT2D eigenvalue weighted by molar-refractivity contribution is 8.00. The van der Waals surface area contributed by atoms with Gasteiger partial charge >= 0.3 is 11.9 Å². The number of likely N-dealkylation sites (N-methyl/N-ethyl adjacent to an activating group) is 1. The van der Waals surface area contributed by atoms with Crippen LogP contribution in [-0.4, -0.2) is 277 Å². The van der Waals surface area contributed by atoms with Gasteiger partial charge in [-0.1, -0.05) is 140 Å². The van der Waals surface area contributed by atoms with Gasteiger partial charge in [0.25, 0.3) is 0 Å². The van der Waals surface area contributed by atoms with E-state index in [2.05, 4.69) is 74.1 Å². The van der Waals surface area contributed by atoms with E-state index < -0.39 is 289 Å². The first-order valence-corrected chi connectivity index (χ1v) is 45.3. The van der Waals surface area contributed by atoms with Gasteiger partial charge in [0.05, 0.1) is 31.6 Å². The summed E-state index contributed by atoms with van der Waals surface area (Å²) in [5.74, 6) is -26.2. The molecule has 0 aliphatic carbocycles. The molecule has 43 nitrogen and oxygen atoms in total. The molecule has 4 aromatic carbocycles. The number of hydrogen-bond acceptors (Lipinski definition) is 23. The smallest absolute Gasteiger partial charge is 0.341 e. The molecule has 2 saturated heterocycles. The van der Waals surface area contributed by atoms with Crippen LogP contribution >= 0.6 is 11.8 Å². The van der Waals surface area contributed by atoms with E-state index in [0.717, 1.165) is 16.0 Å². The van der Waals surface area contributed by atoms with Gasteiger partial charge in [0.2, 0.25) is 106 Å². The van der Waals surface area contributed by atoms with Crippen LogP contribution in [0.2, 0.25) is 0 Å². The molecule has 0 unspecified atom stereocenters. The zero-order valence-corrected chi connectivity index (χ0v) is 77.7. The molecule has 15 atom stereocenters. The van der Waals surface area contributed by atoms with Crippen LogP contribution in [-0.2, 0) is 115 Å². The molecule has 3 heterocycles. The minimum absolute atomic E-state index is 0.00425. The molecule has 0 bridgehead atoms. The summed E-state index contributed by atoms with van der Waals surface area (Å²) in [4.78, 5) is 289. The molecule has 2 aliphatic heterocycles. The molecular weight excluding hydrogens is 1780 g/mol. The summed E-state index contributed by atoms with van der Waals surface area (Å²) in [6.07, 6.45) is -2.83. The summed E-state index contributed by atoms with van der Waals surface area (Å²) in [5, 5.41) is 63.5. The SMILES string of the molecule is CC(C)C[C@@H]1NC(=O)[C@H](Cc2c[nH]c3ccccc23)NC(=O)[C@H](CC(=O)O)NC(=O)[C@H](Cc2ccc(OCC(=O)O)cc2)NC(=O)[C@H](CC(N)=O)NC(=O)CSC[C@@H](C(=O)N[C@@H](C)C(N)=O)NC(=O)[C@H](CO)NC(=O)[C@H](C(C)C)NC(=O)[C@H](CC(C)C)NC(=O)[C@H](CC(N)=O)NC(=O)[C@H]2CCCN2C(=O)[C@H](C)N(C)C(=O)[C@H](C(C)C)NC(=O)[C@H](Cc2ccc(-c3ccccc3)cc2)NC1=O. The lowest BCUT2D eigenvalue weighted by molar-refractivity contribution is -0.148. The number of ether oxygens (including phenoxy) is 1. The number of nitrogens with one attached hydrogen (secondary N) is 14. The highest BCUT2D eigenvalue weighted by atomic mass is 32.2. The van der Waals surface area contributed by atoms with Crippen LogP contribution in [0.4, 0.5) is 0 Å². The van der Waals surface area contributed by atoms with Crippen LogP contribution in [0.15, 0.2) is 109 Å². The van der Waals surface area contributed by atoms with Gasteiger partial charge in [-0.3, -0.25) is 91.1 Å². The van der Waals surface area contributed by atoms with Crippen molar-refractivity contribution in [3.8, 4) is 16.9 Å². The van der Waals surface area contributed by atoms with Crippen molar-refractivity contribution in [1.82, 2.24) is 83.9 Å². The van der Waals surface area contributed by atoms with Gasteiger partial charge in [0.1, 0.15) is 96.4 Å². The number of aromatic nitrogens is 1. The van der Waals surface area contributed by atoms with Crippen LogP contribution in [0.3, 0.4) is 0 Å². The van der Waals surface area contributed by atoms with Crippen LogP contribution in [0.5, 0.6) is 5.75 Å². The molecule has 7 rings (SSSR count). The highest BCUT2D eigenvalue weighted by Crippen LogP contribution is 2.26. The molecule has 2 fully saturated rings. The number of aliphatic hydroxyl groups is 1. The molecule has 732 valence electrons. The van der Waals surface area contributed by atoms with Crippen molar-refractivity contribution in [2.45, 2.75) is 224 Å². The number of rotatable bonds is 26. The Balaban J connectivity index is 1.32. The van der Waals surface area contributed by atoms with E-state index in [1.165, 1.54) is 70.1 Å². The molecule has 18 amide bonds. The van der Waals surface area contributed by atoms with Crippen molar-refractivity contribution >= 4 is 141 Å². The number of carbonyl (C=O) groups excluding carboxylic acids is 18. The van der Waals surface area contributed by atoms with Gasteiger partial charge < -0.3 is 121 Å². The molecule has 44 heteroatoms. The summed E-state index contributed by atoms with van der Waals surface area (Å²) in [6, 6.07) is 3.16. The van der Waals surface area contributed by atoms with E-state index in [1.54, 1.807) is 90.1 Å². The van der Waals surface area contributed by atoms with E-state index in [1.807, 2.05) is 30.3 Å². The minimum Gasteiger partial charge on any atom is -0.482 e. The molecule has 1 aromatic heterocycles. The van der Waals surface area contributed by atoms with Crippen molar-refractivity contribution in [2.75, 3.05) is 38.3 Å². The third kappa shape index (κ3) is 33.0. The Hall–Kier alpha value is -14.1. The average Bonchev–Trinajstić information content (AvgIpc) is 1.68. The van der Waals surface area contributed by atoms with Crippen LogP contribution in [0.1, 0.15) is 131 Å². The van der Waals surface area contributed by atoms with Gasteiger partial charge in [0.15, 0.2) is 6.61 Å². The number of H-pyrrole nitrogens is 1. The van der Waals surface area contributed by atoms with Crippen molar-refractivity contribution in [3.05, 3.63) is 126 Å². The number of carboxylic acid groups (broad SMARTS) is 2. The van der Waals surface area contributed by atoms with Gasteiger partial charge in [-0.25, -0.2) is 4.79 Å². The standard InChI is InChI=1S/C91H123N19O24S/c1-45(2)32-59-78(120)101-62(34-51-23-27-54(28-24-51)53-18-13-12-14-19-53)85(127)108-76(48(7)8)91(133)109(11)50(10)90(132)110-31-17-22-69(110)88(130)104-65(38-71(93)113)82(124)99-60(33-46(3)4)84(126)107-75(47(5)6)89(131)105-67(41-111)86(128)106-68(87(129)96-49(9)77(94)119)43-135-44-72(114)97-64(37-70(92)112)81(123)100-61(35-52-25-29-56(30-26-52)134-42-74(117)118)79(121)103-66(39-73(115)116)83(125)102-63(80(122)98-59)36-55-40-95-58-21-16-15-20-57(55)58/h12-16,18-21,23-30,40,45-50,59-69,75-76,95,111H,17,22,31-39,41-44H2,1-11H3,(H2,92,112)(H2,93,113)(H2,94,119)(H,96,129)(H,97,114)(H,98,122)(H,99,124)(H,100,123)(H,101,120)(H,102,125)(H,103,121)(H,104,130)(H,105,131)(H,106,128)(H,107,126)(H,108,127)(H,115,116)(H,117,118)/t49-,50-,59-,60-,61-,62-,63-,64-,65-,66-,67-,68-,69+,75-,76-/m0/s1. The molecule has 0 radical (unpaired) electrons. The average molecular weight is 1900 g/mol. The Bertz CT molecular complexity index is 5110. The normalized spacial score (nSPS) is 23.8. The first-order chi connectivity index (χ1) is 63.7. The Morgan fingerprint density at radius 1 is 0.481 bits per heavy atom. The van der Waals surface area contributed by atoms with E-state index in [9.17, 15) is 82.4 Å². The summed E-state index contributed by atoms with van der Waals surface area (Å²) >= 11 is 0.585. The molecule has 0 spiro atoms. The largest absolute Gasteiger partial charge is 0.482 e. The molecule has 2 aliphatic rings. The monoisotopic (exact) mass is 1900 g/mol. The summed E-state index contributed by atoms with van der Waals surface area (Å²) in [6.45, 7) is 13.5. The number of fused-ring (bicyclic) bond motifs is 2. The third-order valence-electron chi connectivity index (χ3n) is 22.4. The van der Waals surface area contributed by atoms with Crippen LogP contribution < -0.4 is 91.1 Å². The number of carboxylic acids is 2. The van der Waals surface area contributed by atoms with E-state index in [0.29, 0.717) is 33.8 Å². The Morgan fingerprint density at radius 3 is 1.44 bits per heavy atom. The van der Waals surface area contributed by atoms with Crippen molar-refractivity contribution in [1.29, 1.82) is 0 Å². The maximum Gasteiger partial charge on any atom is 0.341 e. The Labute approximate surface area is 783 Å². The number of hydrogen-bond donors (Lipinski definition) is 20. The number of benzene rings is 4. The zero-order valence-electron chi connectivity index (χ0n) is 76.9. The van der Waals surface area contributed by atoms with Gasteiger partial charge in [-0.05, 0) is 109 Å².